The maximum Gasteiger partial charge on any atom is 0.0945 e. The number of nitrogens with two attached hydrogens (primary N) is 1. The second-order valence-electron chi connectivity index (χ2n) is 4.04. The van der Waals surface area contributed by atoms with Crippen LogP contribution in [0.4, 0.5) is 0 Å². The molecule has 5 nitrogen and oxygen atoms in total. The summed E-state index contributed by atoms with van der Waals surface area (Å²) in [5.41, 5.74) is 8.01. The summed E-state index contributed by atoms with van der Waals surface area (Å²) in [7, 11) is 3.86. The Balaban J connectivity index is 2.18. The Bertz CT molecular complexity index is 502. The topological polar surface area (TPSA) is 61.7 Å². The van der Waals surface area contributed by atoms with Crippen molar-refractivity contribution in [2.75, 3.05) is 6.54 Å². The molecule has 0 aromatic carbocycles. The Morgan fingerprint density at radius 2 is 2.24 bits per heavy atom. The molecule has 17 heavy (non-hydrogen) atoms. The van der Waals surface area contributed by atoms with E-state index in [1.54, 1.807) is 16.4 Å². The molecule has 0 aliphatic carbocycles. The molecule has 6 heteroatoms. The van der Waals surface area contributed by atoms with Gasteiger partial charge in [0.05, 0.1) is 22.2 Å². The highest BCUT2D eigenvalue weighted by Crippen LogP contribution is 2.34. The molecular formula is C11H17N5S. The summed E-state index contributed by atoms with van der Waals surface area (Å²) < 4.78 is 3.69. The van der Waals surface area contributed by atoms with E-state index in [-0.39, 0.29) is 5.25 Å². The van der Waals surface area contributed by atoms with Crippen molar-refractivity contribution >= 4 is 11.8 Å². The highest BCUT2D eigenvalue weighted by Gasteiger charge is 2.15. The number of hydrogen-bond donors (Lipinski definition) is 1. The minimum absolute atomic E-state index is 0.221. The Morgan fingerprint density at radius 3 is 2.71 bits per heavy atom. The van der Waals surface area contributed by atoms with Crippen LogP contribution in [0.15, 0.2) is 23.5 Å². The molecule has 92 valence electrons. The molecule has 0 aliphatic rings. The van der Waals surface area contributed by atoms with Crippen molar-refractivity contribution < 1.29 is 0 Å². The van der Waals surface area contributed by atoms with E-state index in [0.717, 1.165) is 16.3 Å². The molecule has 2 rings (SSSR count). The van der Waals surface area contributed by atoms with Crippen molar-refractivity contribution in [1.82, 2.24) is 19.6 Å². The molecule has 0 spiro atoms. The summed E-state index contributed by atoms with van der Waals surface area (Å²) in [6.07, 6.45) is 3.88. The van der Waals surface area contributed by atoms with Crippen LogP contribution >= 0.6 is 11.8 Å². The van der Waals surface area contributed by atoms with Crippen LogP contribution in [0.3, 0.4) is 0 Å². The molecule has 2 N–H and O–H groups in total. The number of hydrogen-bond acceptors (Lipinski definition) is 4. The van der Waals surface area contributed by atoms with Crippen LogP contribution < -0.4 is 5.73 Å². The molecule has 0 radical (unpaired) electrons. The molecule has 0 bridgehead atoms. The molecule has 2 heterocycles. The van der Waals surface area contributed by atoms with Gasteiger partial charge in [0.1, 0.15) is 0 Å². The zero-order valence-corrected chi connectivity index (χ0v) is 11.1. The van der Waals surface area contributed by atoms with Crippen molar-refractivity contribution in [3.8, 4) is 0 Å². The lowest BCUT2D eigenvalue weighted by molar-refractivity contribution is 0.690. The second-order valence-corrected chi connectivity index (χ2v) is 5.26. The van der Waals surface area contributed by atoms with Gasteiger partial charge in [-0.15, -0.1) is 0 Å². The van der Waals surface area contributed by atoms with Gasteiger partial charge in [-0.25, -0.2) is 0 Å². The zero-order chi connectivity index (χ0) is 12.4. The summed E-state index contributed by atoms with van der Waals surface area (Å²) in [5, 5.41) is 9.86. The van der Waals surface area contributed by atoms with Gasteiger partial charge in [-0.2, -0.15) is 10.2 Å². The maximum absolute atomic E-state index is 5.83. The quantitative estimate of drug-likeness (QED) is 0.831. The number of nitrogens with zero attached hydrogens (tertiary/aromatic N) is 4. The Hall–Kier alpha value is -1.27. The number of rotatable bonds is 4. The van der Waals surface area contributed by atoms with Crippen LogP contribution in [0.25, 0.3) is 0 Å². The van der Waals surface area contributed by atoms with Gasteiger partial charge < -0.3 is 5.73 Å². The number of aromatic nitrogens is 4. The first-order chi connectivity index (χ1) is 8.10. The summed E-state index contributed by atoms with van der Waals surface area (Å²) in [6.45, 7) is 2.58. The van der Waals surface area contributed by atoms with Crippen LogP contribution in [0.1, 0.15) is 16.5 Å². The molecule has 0 saturated carbocycles. The molecule has 0 amide bonds. The van der Waals surface area contributed by atoms with E-state index in [4.69, 9.17) is 5.73 Å². The molecule has 2 aromatic rings. The molecule has 0 fully saturated rings. The molecular weight excluding hydrogens is 234 g/mol. The van der Waals surface area contributed by atoms with Crippen molar-refractivity contribution in [2.45, 2.75) is 17.2 Å². The van der Waals surface area contributed by atoms with E-state index in [2.05, 4.69) is 16.3 Å². The van der Waals surface area contributed by atoms with Crippen LogP contribution in [0, 0.1) is 6.92 Å². The van der Waals surface area contributed by atoms with Crippen molar-refractivity contribution in [2.24, 2.45) is 19.8 Å². The number of thioether (sulfide) groups is 1. The van der Waals surface area contributed by atoms with Crippen LogP contribution in [-0.4, -0.2) is 26.1 Å². The Labute approximate surface area is 105 Å². The minimum Gasteiger partial charge on any atom is -0.329 e. The van der Waals surface area contributed by atoms with E-state index in [1.807, 2.05) is 38.1 Å². The Morgan fingerprint density at radius 1 is 1.47 bits per heavy atom. The predicted molar refractivity (Wildman–Crippen MR) is 68.8 cm³/mol. The molecule has 1 atom stereocenters. The van der Waals surface area contributed by atoms with Gasteiger partial charge in [0.25, 0.3) is 0 Å². The lowest BCUT2D eigenvalue weighted by Gasteiger charge is -2.12. The first-order valence-corrected chi connectivity index (χ1v) is 6.34. The summed E-state index contributed by atoms with van der Waals surface area (Å²) in [5.74, 6) is 0. The van der Waals surface area contributed by atoms with Crippen molar-refractivity contribution in [3.05, 3.63) is 29.7 Å². The van der Waals surface area contributed by atoms with E-state index in [9.17, 15) is 0 Å². The largest absolute Gasteiger partial charge is 0.329 e. The van der Waals surface area contributed by atoms with Gasteiger partial charge in [0, 0.05) is 32.4 Å². The van der Waals surface area contributed by atoms with Gasteiger partial charge in [0.15, 0.2) is 0 Å². The fraction of sp³-hybridized carbons (Fsp3) is 0.455. The summed E-state index contributed by atoms with van der Waals surface area (Å²) in [4.78, 5) is 0. The van der Waals surface area contributed by atoms with Gasteiger partial charge in [-0.05, 0) is 13.0 Å². The fourth-order valence-electron chi connectivity index (χ4n) is 1.70. The van der Waals surface area contributed by atoms with Gasteiger partial charge in [-0.1, -0.05) is 11.8 Å². The average Bonchev–Trinajstić information content (AvgIpc) is 2.82. The lowest BCUT2D eigenvalue weighted by atomic mass is 10.2. The molecule has 2 aromatic heterocycles. The predicted octanol–water partition coefficient (Wildman–Crippen LogP) is 1.25. The smallest absolute Gasteiger partial charge is 0.0945 e. The van der Waals surface area contributed by atoms with E-state index in [0.29, 0.717) is 6.54 Å². The standard InChI is InChI=1S/C11H17N5S/c1-8-4-11(16(3)14-8)17-10(5-12)9-6-13-15(2)7-9/h4,6-7,10H,5,12H2,1-3H3. The van der Waals surface area contributed by atoms with Crippen LogP contribution in [0.5, 0.6) is 0 Å². The first kappa shape index (κ1) is 12.2. The SMILES string of the molecule is Cc1cc(SC(CN)c2cnn(C)c2)n(C)n1. The highest BCUT2D eigenvalue weighted by molar-refractivity contribution is 7.99. The maximum atomic E-state index is 5.83. The van der Waals surface area contributed by atoms with Crippen molar-refractivity contribution in [3.63, 3.8) is 0 Å². The third-order valence-corrected chi connectivity index (χ3v) is 3.91. The molecule has 1 unspecified atom stereocenters. The number of aryl methyl sites for hydroxylation is 3. The molecule has 0 saturated heterocycles. The lowest BCUT2D eigenvalue weighted by Crippen LogP contribution is -2.09. The van der Waals surface area contributed by atoms with E-state index in [1.165, 1.54) is 0 Å². The fourth-order valence-corrected chi connectivity index (χ4v) is 2.78. The zero-order valence-electron chi connectivity index (χ0n) is 10.3. The van der Waals surface area contributed by atoms with Gasteiger partial charge in [0.2, 0.25) is 0 Å². The first-order valence-electron chi connectivity index (χ1n) is 5.46. The third kappa shape index (κ3) is 2.70. The van der Waals surface area contributed by atoms with Gasteiger partial charge >= 0.3 is 0 Å². The van der Waals surface area contributed by atoms with Crippen molar-refractivity contribution in [1.29, 1.82) is 0 Å². The highest BCUT2D eigenvalue weighted by atomic mass is 32.2. The summed E-state index contributed by atoms with van der Waals surface area (Å²) >= 11 is 1.72. The van der Waals surface area contributed by atoms with Crippen LogP contribution in [0.2, 0.25) is 0 Å². The average molecular weight is 251 g/mol. The van der Waals surface area contributed by atoms with Gasteiger partial charge in [-0.3, -0.25) is 9.36 Å². The molecule has 0 aliphatic heterocycles. The third-order valence-electron chi connectivity index (χ3n) is 2.53. The minimum atomic E-state index is 0.221. The van der Waals surface area contributed by atoms with E-state index < -0.39 is 0 Å². The van der Waals surface area contributed by atoms with Crippen LogP contribution in [-0.2, 0) is 14.1 Å². The monoisotopic (exact) mass is 251 g/mol. The summed E-state index contributed by atoms with van der Waals surface area (Å²) in [6, 6.07) is 2.07. The second kappa shape index (κ2) is 4.93. The van der Waals surface area contributed by atoms with E-state index >= 15 is 0 Å². The Kier molecular flexibility index (Phi) is 3.54. The normalized spacial score (nSPS) is 12.9.